The number of anilines is 1. The number of fused-ring (bicyclic) bond motifs is 1. The molecule has 0 aliphatic rings. The van der Waals surface area contributed by atoms with E-state index in [0.717, 1.165) is 58.5 Å². The second-order valence-electron chi connectivity index (χ2n) is 10.4. The van der Waals surface area contributed by atoms with Gasteiger partial charge in [-0.15, -0.1) is 11.3 Å². The fraction of sp³-hybridized carbons (Fsp3) is 0.258. The molecule has 0 bridgehead atoms. The van der Waals surface area contributed by atoms with Crippen LogP contribution in [0.15, 0.2) is 73.2 Å². The van der Waals surface area contributed by atoms with E-state index in [1.54, 1.807) is 23.2 Å². The predicted octanol–water partition coefficient (Wildman–Crippen LogP) is 6.40. The third-order valence-corrected chi connectivity index (χ3v) is 8.18. The van der Waals surface area contributed by atoms with Gasteiger partial charge in [0.05, 0.1) is 16.6 Å². The number of carbonyl (C=O) groups is 1. The van der Waals surface area contributed by atoms with E-state index in [1.807, 2.05) is 51.5 Å². The first-order chi connectivity index (χ1) is 20.4. The number of ether oxygens (including phenoxy) is 1. The molecule has 0 spiro atoms. The Labute approximate surface area is 251 Å². The van der Waals surface area contributed by atoms with E-state index in [9.17, 15) is 18.0 Å². The third kappa shape index (κ3) is 6.50. The topological polar surface area (TPSA) is 89.5 Å². The minimum absolute atomic E-state index is 0.0399. The molecule has 1 amide bonds. The number of imidazole rings is 1. The number of nitrogens with two attached hydrogens (primary N) is 1. The number of pyridine rings is 1. The Morgan fingerprint density at radius 1 is 1.02 bits per heavy atom. The predicted molar refractivity (Wildman–Crippen MR) is 163 cm³/mol. The molecule has 0 aliphatic carbocycles. The number of hydrogen-bond acceptors (Lipinski definition) is 7. The van der Waals surface area contributed by atoms with E-state index in [0.29, 0.717) is 5.00 Å². The van der Waals surface area contributed by atoms with Crippen molar-refractivity contribution >= 4 is 34.1 Å². The number of primary amides is 1. The molecule has 12 heteroatoms. The van der Waals surface area contributed by atoms with Crippen LogP contribution in [0.1, 0.15) is 33.8 Å². The van der Waals surface area contributed by atoms with Crippen LogP contribution in [0.2, 0.25) is 0 Å². The Kier molecular flexibility index (Phi) is 8.43. The number of carbonyl (C=O) groups excluding carboxylic acids is 1. The van der Waals surface area contributed by atoms with Crippen LogP contribution in [-0.4, -0.2) is 59.6 Å². The second kappa shape index (κ2) is 12.1. The number of hydrogen-bond donors (Lipinski definition) is 1. The number of likely N-dealkylation sites (N-methyl/N-ethyl adjacent to an activating group) is 2. The molecule has 2 aromatic carbocycles. The Bertz CT molecular complexity index is 1760. The fourth-order valence-corrected chi connectivity index (χ4v) is 5.67. The molecular weight excluding hydrogens is 577 g/mol. The normalized spacial score (nSPS) is 12.6. The van der Waals surface area contributed by atoms with Crippen LogP contribution in [0.5, 0.6) is 5.75 Å². The molecule has 0 saturated carbocycles. The first kappa shape index (κ1) is 30.1. The van der Waals surface area contributed by atoms with E-state index in [4.69, 9.17) is 10.5 Å². The van der Waals surface area contributed by atoms with Crippen molar-refractivity contribution in [3.8, 4) is 21.9 Å². The van der Waals surface area contributed by atoms with Gasteiger partial charge >= 0.3 is 6.18 Å². The molecule has 3 aromatic heterocycles. The van der Waals surface area contributed by atoms with Crippen molar-refractivity contribution in [2.45, 2.75) is 19.2 Å². The minimum Gasteiger partial charge on any atom is -0.484 e. The molecule has 1 atom stereocenters. The van der Waals surface area contributed by atoms with Gasteiger partial charge in [0.1, 0.15) is 33.9 Å². The molecule has 0 fully saturated rings. The van der Waals surface area contributed by atoms with Crippen LogP contribution in [0, 0.1) is 0 Å². The van der Waals surface area contributed by atoms with Gasteiger partial charge in [0.2, 0.25) is 0 Å². The number of amides is 1. The highest BCUT2D eigenvalue weighted by molar-refractivity contribution is 7.16. The minimum atomic E-state index is -4.55. The van der Waals surface area contributed by atoms with Crippen molar-refractivity contribution in [1.29, 1.82) is 0 Å². The van der Waals surface area contributed by atoms with Crippen LogP contribution in [0.25, 0.3) is 27.2 Å². The van der Waals surface area contributed by atoms with Crippen LogP contribution >= 0.6 is 11.3 Å². The molecule has 1 unspecified atom stereocenters. The van der Waals surface area contributed by atoms with Crippen molar-refractivity contribution < 1.29 is 22.7 Å². The van der Waals surface area contributed by atoms with Gasteiger partial charge in [-0.1, -0.05) is 24.3 Å². The maximum Gasteiger partial charge on any atom is 0.416 e. The highest BCUT2D eigenvalue weighted by Crippen LogP contribution is 2.39. The van der Waals surface area contributed by atoms with E-state index < -0.39 is 23.8 Å². The van der Waals surface area contributed by atoms with Crippen molar-refractivity contribution in [3.63, 3.8) is 0 Å². The van der Waals surface area contributed by atoms with Gasteiger partial charge < -0.3 is 20.3 Å². The summed E-state index contributed by atoms with van der Waals surface area (Å²) in [5.74, 6) is 0.235. The zero-order valence-electron chi connectivity index (χ0n) is 24.1. The van der Waals surface area contributed by atoms with Crippen LogP contribution in [-0.2, 0) is 6.18 Å². The summed E-state index contributed by atoms with van der Waals surface area (Å²) < 4.78 is 48.5. The number of thiophene rings is 1. The summed E-state index contributed by atoms with van der Waals surface area (Å²) in [7, 11) is 6.07. The first-order valence-corrected chi connectivity index (χ1v) is 14.3. The van der Waals surface area contributed by atoms with Gasteiger partial charge in [0.15, 0.2) is 0 Å². The number of aromatic nitrogens is 3. The summed E-state index contributed by atoms with van der Waals surface area (Å²) in [6, 6.07) is 16.7. The maximum atomic E-state index is 13.6. The maximum absolute atomic E-state index is 13.6. The Morgan fingerprint density at radius 2 is 1.77 bits per heavy atom. The zero-order chi connectivity index (χ0) is 30.9. The van der Waals surface area contributed by atoms with E-state index in [-0.39, 0.29) is 16.2 Å². The highest BCUT2D eigenvalue weighted by atomic mass is 32.1. The Balaban J connectivity index is 1.43. The summed E-state index contributed by atoms with van der Waals surface area (Å²) >= 11 is 1.08. The molecule has 0 aliphatic heterocycles. The lowest BCUT2D eigenvalue weighted by Gasteiger charge is -2.21. The number of nitrogens with zero attached hydrogens (tertiary/aromatic N) is 5. The summed E-state index contributed by atoms with van der Waals surface area (Å²) in [6.07, 6.45) is -2.13. The molecule has 43 heavy (non-hydrogen) atoms. The van der Waals surface area contributed by atoms with Gasteiger partial charge in [0.25, 0.3) is 5.91 Å². The van der Waals surface area contributed by atoms with Crippen molar-refractivity contribution in [2.75, 3.05) is 39.1 Å². The smallest absolute Gasteiger partial charge is 0.416 e. The SMILES string of the molecule is CC(Oc1cc(-n2cnc3cc(-c4ccnc(N(C)CCN(C)C)c4)ccc32)sc1C(N)=O)c1ccccc1C(F)(F)F. The number of benzene rings is 2. The van der Waals surface area contributed by atoms with Gasteiger partial charge in [-0.3, -0.25) is 9.36 Å². The molecule has 224 valence electrons. The average Bonchev–Trinajstić information content (AvgIpc) is 3.59. The Morgan fingerprint density at radius 3 is 2.49 bits per heavy atom. The molecule has 0 radical (unpaired) electrons. The zero-order valence-corrected chi connectivity index (χ0v) is 24.9. The summed E-state index contributed by atoms with van der Waals surface area (Å²) in [4.78, 5) is 25.7. The molecule has 2 N–H and O–H groups in total. The van der Waals surface area contributed by atoms with Gasteiger partial charge in [-0.05, 0) is 62.5 Å². The second-order valence-corrected chi connectivity index (χ2v) is 11.5. The monoisotopic (exact) mass is 608 g/mol. The molecule has 8 nitrogen and oxygen atoms in total. The summed E-state index contributed by atoms with van der Waals surface area (Å²) in [6.45, 7) is 3.24. The number of halogens is 3. The summed E-state index contributed by atoms with van der Waals surface area (Å²) in [5.41, 5.74) is 8.26. The molecule has 5 aromatic rings. The molecule has 5 rings (SSSR count). The van der Waals surface area contributed by atoms with Crippen LogP contribution < -0.4 is 15.4 Å². The van der Waals surface area contributed by atoms with Crippen molar-refractivity contribution in [1.82, 2.24) is 19.4 Å². The van der Waals surface area contributed by atoms with E-state index >= 15 is 0 Å². The van der Waals surface area contributed by atoms with Gasteiger partial charge in [0, 0.05) is 38.0 Å². The van der Waals surface area contributed by atoms with Crippen LogP contribution in [0.3, 0.4) is 0 Å². The average molecular weight is 609 g/mol. The lowest BCUT2D eigenvalue weighted by molar-refractivity contribution is -0.139. The lowest BCUT2D eigenvalue weighted by atomic mass is 10.0. The lowest BCUT2D eigenvalue weighted by Crippen LogP contribution is -2.28. The standard InChI is InChI=1S/C31H31F3N6O2S/c1-19(22-7-5-6-8-23(22)31(32,33)34)42-26-17-28(43-29(26)30(35)41)40-18-37-24-15-20(9-10-25(24)40)21-11-12-36-27(16-21)39(4)14-13-38(2)3/h5-12,15-19H,13-14H2,1-4H3,(H2,35,41). The summed E-state index contributed by atoms with van der Waals surface area (Å²) in [5, 5.41) is 0.587. The highest BCUT2D eigenvalue weighted by Gasteiger charge is 2.35. The fourth-order valence-electron chi connectivity index (χ4n) is 4.74. The van der Waals surface area contributed by atoms with Gasteiger partial charge in [-0.25, -0.2) is 9.97 Å². The van der Waals surface area contributed by atoms with Crippen LogP contribution in [0.4, 0.5) is 19.0 Å². The quantitative estimate of drug-likeness (QED) is 0.197. The van der Waals surface area contributed by atoms with Crippen molar-refractivity contribution in [2.24, 2.45) is 5.73 Å². The Hall–Kier alpha value is -4.42. The largest absolute Gasteiger partial charge is 0.484 e. The first-order valence-electron chi connectivity index (χ1n) is 13.5. The van der Waals surface area contributed by atoms with Gasteiger partial charge in [-0.2, -0.15) is 13.2 Å². The third-order valence-electron chi connectivity index (χ3n) is 7.05. The van der Waals surface area contributed by atoms with Crippen molar-refractivity contribution in [3.05, 3.63) is 89.2 Å². The molecule has 3 heterocycles. The molecule has 0 saturated heterocycles. The number of alkyl halides is 3. The van der Waals surface area contributed by atoms with E-state index in [1.165, 1.54) is 25.1 Å². The molecular formula is C31H31F3N6O2S. The van der Waals surface area contributed by atoms with E-state index in [2.05, 4.69) is 19.8 Å². The number of rotatable bonds is 10.